The Balaban J connectivity index is 1.23. The lowest BCUT2D eigenvalue weighted by atomic mass is 9.73. The number of carbonyl (C=O) groups excluding carboxylic acids is 3. The molecule has 1 atom stereocenters. The van der Waals surface area contributed by atoms with Crippen molar-refractivity contribution in [3.8, 4) is 5.75 Å². The van der Waals surface area contributed by atoms with Gasteiger partial charge in [-0.15, -0.1) is 0 Å². The monoisotopic (exact) mass is 533 g/mol. The molecule has 10 nitrogen and oxygen atoms in total. The number of aromatic nitrogens is 2. The van der Waals surface area contributed by atoms with Crippen LogP contribution in [0.2, 0.25) is 0 Å². The van der Waals surface area contributed by atoms with Crippen molar-refractivity contribution >= 4 is 17.7 Å². The minimum atomic E-state index is -0.577. The zero-order chi connectivity index (χ0) is 27.2. The normalized spacial score (nSPS) is 20.3. The Morgan fingerprint density at radius 1 is 1.10 bits per heavy atom. The van der Waals surface area contributed by atoms with Crippen molar-refractivity contribution in [1.82, 2.24) is 25.1 Å². The number of likely N-dealkylation sites (tertiary alicyclic amines) is 1. The van der Waals surface area contributed by atoms with Crippen LogP contribution in [0.1, 0.15) is 65.7 Å². The van der Waals surface area contributed by atoms with Crippen molar-refractivity contribution < 1.29 is 23.5 Å². The van der Waals surface area contributed by atoms with E-state index in [2.05, 4.69) is 15.6 Å². The molecule has 206 valence electrons. The van der Waals surface area contributed by atoms with Crippen LogP contribution in [-0.4, -0.2) is 64.5 Å². The van der Waals surface area contributed by atoms with Crippen LogP contribution in [0.3, 0.4) is 0 Å². The summed E-state index contributed by atoms with van der Waals surface area (Å²) in [6, 6.07) is 10.4. The number of imidazole rings is 1. The van der Waals surface area contributed by atoms with Gasteiger partial charge in [0.2, 0.25) is 5.91 Å². The summed E-state index contributed by atoms with van der Waals surface area (Å²) in [6.45, 7) is 4.11. The van der Waals surface area contributed by atoms with Crippen LogP contribution in [0, 0.1) is 5.41 Å². The van der Waals surface area contributed by atoms with E-state index in [0.717, 1.165) is 12.8 Å². The lowest BCUT2D eigenvalue weighted by Crippen LogP contribution is -2.52. The molecule has 0 saturated carbocycles. The molecule has 2 aliphatic rings. The topological polar surface area (TPSA) is 119 Å². The molecule has 5 rings (SSSR count). The summed E-state index contributed by atoms with van der Waals surface area (Å²) in [4.78, 5) is 45.3. The number of ether oxygens (including phenoxy) is 1. The summed E-state index contributed by atoms with van der Waals surface area (Å²) < 4.78 is 13.6. The average Bonchev–Trinajstić information content (AvgIpc) is 3.64. The molecule has 10 heteroatoms. The molecule has 0 aliphatic carbocycles. The summed E-state index contributed by atoms with van der Waals surface area (Å²) in [5, 5.41) is 6.12. The fraction of sp³-hybridized carbons (Fsp3) is 0.448. The summed E-state index contributed by atoms with van der Waals surface area (Å²) in [5.41, 5.74) is -0.0840. The third kappa shape index (κ3) is 6.16. The highest BCUT2D eigenvalue weighted by atomic mass is 16.5. The van der Waals surface area contributed by atoms with Gasteiger partial charge in [-0.3, -0.25) is 14.4 Å². The standard InChI is InChI=1S/C29H35N5O5/c1-21-19-38-24-7-3-2-6-23(24)26(35)31-13-5-4-10-29(28(37)32-21)11-15-34(16-12-29)27(36)25-9-8-22(39-25)18-33-17-14-30-20-33/h2-3,6-9,14,17,20-21H,4-5,10-13,15-16,18-19H2,1H3,(H,31,35)(H,32,37)/t21-/m1/s1. The maximum atomic E-state index is 13.6. The zero-order valence-electron chi connectivity index (χ0n) is 22.2. The van der Waals surface area contributed by atoms with Crippen molar-refractivity contribution in [2.45, 2.75) is 51.6 Å². The van der Waals surface area contributed by atoms with E-state index in [1.54, 1.807) is 35.6 Å². The quantitative estimate of drug-likeness (QED) is 0.534. The first kappa shape index (κ1) is 26.5. The number of hydrogen-bond acceptors (Lipinski definition) is 6. The van der Waals surface area contributed by atoms with Crippen molar-refractivity contribution in [3.63, 3.8) is 0 Å². The van der Waals surface area contributed by atoms with Crippen LogP contribution < -0.4 is 15.4 Å². The summed E-state index contributed by atoms with van der Waals surface area (Å²) in [6.07, 6.45) is 8.61. The Morgan fingerprint density at radius 3 is 2.72 bits per heavy atom. The maximum absolute atomic E-state index is 13.6. The van der Waals surface area contributed by atoms with Crippen molar-refractivity contribution in [2.24, 2.45) is 5.41 Å². The lowest BCUT2D eigenvalue weighted by molar-refractivity contribution is -0.135. The number of rotatable bonds is 3. The number of nitrogens with one attached hydrogen (secondary N) is 2. The lowest BCUT2D eigenvalue weighted by Gasteiger charge is -2.41. The highest BCUT2D eigenvalue weighted by Crippen LogP contribution is 2.38. The minimum absolute atomic E-state index is 0.000645. The maximum Gasteiger partial charge on any atom is 0.289 e. The molecule has 3 amide bonds. The molecule has 0 bridgehead atoms. The molecule has 0 radical (unpaired) electrons. The van der Waals surface area contributed by atoms with Crippen molar-refractivity contribution in [1.29, 1.82) is 0 Å². The minimum Gasteiger partial charge on any atom is -0.491 e. The fourth-order valence-electron chi connectivity index (χ4n) is 5.32. The Kier molecular flexibility index (Phi) is 7.99. The van der Waals surface area contributed by atoms with Gasteiger partial charge in [0.25, 0.3) is 11.8 Å². The summed E-state index contributed by atoms with van der Waals surface area (Å²) in [5.74, 6) is 1.17. The molecule has 3 aromatic rings. The fourth-order valence-corrected chi connectivity index (χ4v) is 5.32. The van der Waals surface area contributed by atoms with Crippen LogP contribution in [0.25, 0.3) is 0 Å². The SMILES string of the molecule is C[C@@H]1COc2ccccc2C(=O)NCCCCC2(CCN(C(=O)c3ccc(Cn4ccnc4)o3)CC2)C(=O)N1. The van der Waals surface area contributed by atoms with Crippen LogP contribution in [0.15, 0.2) is 59.5 Å². The largest absolute Gasteiger partial charge is 0.491 e. The van der Waals surface area contributed by atoms with Gasteiger partial charge in [0.15, 0.2) is 5.76 Å². The van der Waals surface area contributed by atoms with Gasteiger partial charge in [-0.1, -0.05) is 18.6 Å². The molecule has 0 unspecified atom stereocenters. The van der Waals surface area contributed by atoms with Crippen LogP contribution >= 0.6 is 0 Å². The van der Waals surface area contributed by atoms with Crippen LogP contribution in [0.5, 0.6) is 5.75 Å². The van der Waals surface area contributed by atoms with Crippen LogP contribution in [-0.2, 0) is 11.3 Å². The molecule has 2 N–H and O–H groups in total. The van der Waals surface area contributed by atoms with E-state index in [1.807, 2.05) is 35.9 Å². The molecule has 4 heterocycles. The van der Waals surface area contributed by atoms with Gasteiger partial charge in [-0.25, -0.2) is 4.98 Å². The van der Waals surface area contributed by atoms with Crippen molar-refractivity contribution in [3.05, 3.63) is 72.2 Å². The Labute approximate surface area is 227 Å². The number of fused-ring (bicyclic) bond motifs is 1. The number of carbonyl (C=O) groups is 3. The number of nitrogens with zero attached hydrogens (tertiary/aromatic N) is 3. The molecule has 39 heavy (non-hydrogen) atoms. The number of hydrogen-bond donors (Lipinski definition) is 2. The molecule has 1 spiro atoms. The van der Waals surface area contributed by atoms with Gasteiger partial charge < -0.3 is 29.3 Å². The summed E-state index contributed by atoms with van der Waals surface area (Å²) in [7, 11) is 0. The number of benzene rings is 1. The van der Waals surface area contributed by atoms with Gasteiger partial charge in [0.05, 0.1) is 29.9 Å². The van der Waals surface area contributed by atoms with Gasteiger partial charge in [-0.05, 0) is 56.9 Å². The Hall–Kier alpha value is -4.08. The average molecular weight is 534 g/mol. The highest BCUT2D eigenvalue weighted by molar-refractivity contribution is 5.97. The Bertz CT molecular complexity index is 1290. The van der Waals surface area contributed by atoms with E-state index < -0.39 is 5.41 Å². The van der Waals surface area contributed by atoms with Crippen LogP contribution in [0.4, 0.5) is 0 Å². The number of para-hydroxylation sites is 1. The molecule has 1 saturated heterocycles. The van der Waals surface area contributed by atoms with E-state index >= 15 is 0 Å². The summed E-state index contributed by atoms with van der Waals surface area (Å²) >= 11 is 0. The zero-order valence-corrected chi connectivity index (χ0v) is 22.2. The third-order valence-corrected chi connectivity index (χ3v) is 7.63. The predicted octanol–water partition coefficient (Wildman–Crippen LogP) is 3.24. The smallest absolute Gasteiger partial charge is 0.289 e. The van der Waals surface area contributed by atoms with Gasteiger partial charge >= 0.3 is 0 Å². The first-order valence-corrected chi connectivity index (χ1v) is 13.6. The molecule has 1 fully saturated rings. The predicted molar refractivity (Wildman–Crippen MR) is 143 cm³/mol. The molecular weight excluding hydrogens is 498 g/mol. The first-order chi connectivity index (χ1) is 18.9. The number of piperidine rings is 1. The first-order valence-electron chi connectivity index (χ1n) is 13.6. The molecule has 2 aromatic heterocycles. The number of furan rings is 1. The highest BCUT2D eigenvalue weighted by Gasteiger charge is 2.42. The van der Waals surface area contributed by atoms with E-state index in [9.17, 15) is 14.4 Å². The molecule has 2 aliphatic heterocycles. The van der Waals surface area contributed by atoms with E-state index in [0.29, 0.717) is 68.3 Å². The Morgan fingerprint density at radius 2 is 1.92 bits per heavy atom. The van der Waals surface area contributed by atoms with E-state index in [1.165, 1.54) is 0 Å². The molecule has 1 aromatic carbocycles. The second-order valence-corrected chi connectivity index (χ2v) is 10.5. The van der Waals surface area contributed by atoms with Gasteiger partial charge in [0.1, 0.15) is 18.1 Å². The van der Waals surface area contributed by atoms with Gasteiger partial charge in [0, 0.05) is 32.0 Å². The van der Waals surface area contributed by atoms with Crippen molar-refractivity contribution in [2.75, 3.05) is 26.2 Å². The van der Waals surface area contributed by atoms with E-state index in [-0.39, 0.29) is 30.4 Å². The van der Waals surface area contributed by atoms with Gasteiger partial charge in [-0.2, -0.15) is 0 Å². The number of amides is 3. The second-order valence-electron chi connectivity index (χ2n) is 10.5. The van der Waals surface area contributed by atoms with E-state index in [4.69, 9.17) is 9.15 Å². The second kappa shape index (κ2) is 11.8. The third-order valence-electron chi connectivity index (χ3n) is 7.63. The molecular formula is C29H35N5O5.